The molecule has 1 atom stereocenters. The normalized spacial score (nSPS) is 13.1. The van der Waals surface area contributed by atoms with E-state index in [9.17, 15) is 9.59 Å². The number of hydrogen-bond acceptors (Lipinski definition) is 5. The molecule has 0 aliphatic carbocycles. The predicted octanol–water partition coefficient (Wildman–Crippen LogP) is 15.9. The van der Waals surface area contributed by atoms with E-state index in [1.54, 1.807) is 0 Å². The van der Waals surface area contributed by atoms with Gasteiger partial charge in [-0.15, -0.1) is 0 Å². The monoisotopic (exact) mass is 805 g/mol. The first-order valence-electron chi connectivity index (χ1n) is 23.8. The van der Waals surface area contributed by atoms with E-state index in [0.29, 0.717) is 19.4 Å². The highest BCUT2D eigenvalue weighted by Crippen LogP contribution is 2.12. The van der Waals surface area contributed by atoms with Crippen molar-refractivity contribution in [3.8, 4) is 0 Å². The third-order valence-electron chi connectivity index (χ3n) is 9.62. The standard InChI is InChI=1S/C53H88O5/c1-4-7-10-13-16-19-22-24-26-27-29-30-32-34-37-40-43-46-52(54)57-50-51(49-56-48-45-42-39-36-21-18-15-12-9-6-3)58-53(55)47-44-41-38-35-33-31-28-25-23-20-17-14-11-8-5-2/h7-8,10-11,16-17,19-20,24-26,28-30,34,37,51H,4-6,9,12-15,18,21-23,27,31-33,35-36,38-50H2,1-3H3/b10-7-,11-8-,19-16-,20-17-,26-24-,28-25-,30-29-,37-34-. The highest BCUT2D eigenvalue weighted by molar-refractivity contribution is 5.70. The molecule has 5 heteroatoms. The van der Waals surface area contributed by atoms with Gasteiger partial charge in [0.05, 0.1) is 6.61 Å². The minimum Gasteiger partial charge on any atom is -0.462 e. The molecule has 0 heterocycles. The third kappa shape index (κ3) is 45.5. The number of esters is 2. The van der Waals surface area contributed by atoms with Crippen molar-refractivity contribution in [2.24, 2.45) is 0 Å². The summed E-state index contributed by atoms with van der Waals surface area (Å²) < 4.78 is 17.3. The van der Waals surface area contributed by atoms with Gasteiger partial charge in [0.1, 0.15) is 6.61 Å². The molecule has 0 spiro atoms. The van der Waals surface area contributed by atoms with Crippen molar-refractivity contribution >= 4 is 11.9 Å². The lowest BCUT2D eigenvalue weighted by Crippen LogP contribution is -2.30. The molecule has 0 bridgehead atoms. The fourth-order valence-corrected chi connectivity index (χ4v) is 6.15. The molecule has 0 aliphatic heterocycles. The van der Waals surface area contributed by atoms with Crippen LogP contribution in [-0.4, -0.2) is 37.9 Å². The Labute approximate surface area is 358 Å². The number of hydrogen-bond donors (Lipinski definition) is 0. The maximum atomic E-state index is 12.7. The number of allylic oxidation sites excluding steroid dienone is 16. The molecule has 0 saturated heterocycles. The van der Waals surface area contributed by atoms with E-state index >= 15 is 0 Å². The fraction of sp³-hybridized carbons (Fsp3) is 0.660. The first-order valence-corrected chi connectivity index (χ1v) is 23.8. The van der Waals surface area contributed by atoms with Crippen LogP contribution in [0.2, 0.25) is 0 Å². The molecule has 0 amide bonds. The van der Waals surface area contributed by atoms with Crippen LogP contribution >= 0.6 is 0 Å². The van der Waals surface area contributed by atoms with Gasteiger partial charge in [-0.2, -0.15) is 0 Å². The van der Waals surface area contributed by atoms with Gasteiger partial charge in [0.2, 0.25) is 0 Å². The molecule has 0 rings (SSSR count). The summed E-state index contributed by atoms with van der Waals surface area (Å²) in [5.74, 6) is -0.489. The molecule has 0 aromatic rings. The van der Waals surface area contributed by atoms with Crippen LogP contribution in [0.1, 0.15) is 201 Å². The zero-order chi connectivity index (χ0) is 42.1. The number of unbranched alkanes of at least 4 members (excludes halogenated alkanes) is 15. The Morgan fingerprint density at radius 3 is 1.29 bits per heavy atom. The number of carbonyl (C=O) groups excluding carboxylic acids is 2. The van der Waals surface area contributed by atoms with Crippen LogP contribution in [0.5, 0.6) is 0 Å². The quantitative estimate of drug-likeness (QED) is 0.0349. The molecular formula is C53H88O5. The summed E-state index contributed by atoms with van der Waals surface area (Å²) in [7, 11) is 0. The predicted molar refractivity (Wildman–Crippen MR) is 251 cm³/mol. The van der Waals surface area contributed by atoms with Crippen LogP contribution in [0.3, 0.4) is 0 Å². The second-order valence-electron chi connectivity index (χ2n) is 15.3. The first kappa shape index (κ1) is 54.8. The maximum absolute atomic E-state index is 12.7. The smallest absolute Gasteiger partial charge is 0.306 e. The summed E-state index contributed by atoms with van der Waals surface area (Å²) in [5.41, 5.74) is 0. The van der Waals surface area contributed by atoms with Crippen molar-refractivity contribution < 1.29 is 23.8 Å². The fourth-order valence-electron chi connectivity index (χ4n) is 6.15. The van der Waals surface area contributed by atoms with E-state index in [1.165, 1.54) is 64.2 Å². The van der Waals surface area contributed by atoms with Gasteiger partial charge in [0.25, 0.3) is 0 Å². The minimum absolute atomic E-state index is 0.0451. The highest BCUT2D eigenvalue weighted by Gasteiger charge is 2.17. The second-order valence-corrected chi connectivity index (χ2v) is 15.3. The van der Waals surface area contributed by atoms with Crippen LogP contribution in [0.15, 0.2) is 97.2 Å². The molecule has 5 nitrogen and oxygen atoms in total. The van der Waals surface area contributed by atoms with E-state index in [0.717, 1.165) is 103 Å². The van der Waals surface area contributed by atoms with E-state index in [2.05, 4.69) is 118 Å². The molecule has 0 aliphatic rings. The summed E-state index contributed by atoms with van der Waals surface area (Å²) in [6, 6.07) is 0. The van der Waals surface area contributed by atoms with Crippen molar-refractivity contribution in [1.82, 2.24) is 0 Å². The first-order chi connectivity index (χ1) is 28.6. The lowest BCUT2D eigenvalue weighted by Gasteiger charge is -2.18. The van der Waals surface area contributed by atoms with Gasteiger partial charge in [0.15, 0.2) is 6.10 Å². The maximum Gasteiger partial charge on any atom is 0.306 e. The molecular weight excluding hydrogens is 717 g/mol. The Morgan fingerprint density at radius 1 is 0.397 bits per heavy atom. The van der Waals surface area contributed by atoms with Gasteiger partial charge < -0.3 is 14.2 Å². The van der Waals surface area contributed by atoms with Crippen LogP contribution in [0.25, 0.3) is 0 Å². The zero-order valence-corrected chi connectivity index (χ0v) is 37.8. The van der Waals surface area contributed by atoms with Gasteiger partial charge in [0, 0.05) is 19.4 Å². The average Bonchev–Trinajstić information content (AvgIpc) is 3.22. The van der Waals surface area contributed by atoms with Gasteiger partial charge in [-0.25, -0.2) is 0 Å². The second kappa shape index (κ2) is 48.2. The molecule has 0 saturated carbocycles. The lowest BCUT2D eigenvalue weighted by molar-refractivity contribution is -0.163. The summed E-state index contributed by atoms with van der Waals surface area (Å²) in [6.07, 6.45) is 64.1. The van der Waals surface area contributed by atoms with Gasteiger partial charge >= 0.3 is 11.9 Å². The van der Waals surface area contributed by atoms with E-state index < -0.39 is 6.10 Å². The van der Waals surface area contributed by atoms with E-state index in [-0.39, 0.29) is 25.2 Å². The van der Waals surface area contributed by atoms with Crippen molar-refractivity contribution in [2.45, 2.75) is 207 Å². The minimum atomic E-state index is -0.569. The number of ether oxygens (including phenoxy) is 3. The van der Waals surface area contributed by atoms with Crippen LogP contribution in [0, 0.1) is 0 Å². The average molecular weight is 805 g/mol. The molecule has 0 aromatic carbocycles. The summed E-state index contributed by atoms with van der Waals surface area (Å²) in [4.78, 5) is 25.3. The van der Waals surface area contributed by atoms with Crippen LogP contribution in [0.4, 0.5) is 0 Å². The molecule has 0 fully saturated rings. The van der Waals surface area contributed by atoms with Crippen molar-refractivity contribution in [1.29, 1.82) is 0 Å². The third-order valence-corrected chi connectivity index (χ3v) is 9.62. The zero-order valence-electron chi connectivity index (χ0n) is 37.8. The van der Waals surface area contributed by atoms with Crippen molar-refractivity contribution in [3.63, 3.8) is 0 Å². The topological polar surface area (TPSA) is 61.8 Å². The molecule has 330 valence electrons. The number of carbonyl (C=O) groups is 2. The molecule has 0 N–H and O–H groups in total. The molecule has 0 aromatic heterocycles. The SMILES string of the molecule is CC/C=C\C/C=C\C/C=C\C/C=C\C/C=C\CCCC(=O)OCC(COCCCCCCCCCCCC)OC(=O)CCCCCCC/C=C\C/C=C\C/C=C\CC. The van der Waals surface area contributed by atoms with Gasteiger partial charge in [-0.05, 0) is 89.9 Å². The van der Waals surface area contributed by atoms with Crippen molar-refractivity contribution in [3.05, 3.63) is 97.2 Å². The molecule has 0 radical (unpaired) electrons. The summed E-state index contributed by atoms with van der Waals surface area (Å²) >= 11 is 0. The van der Waals surface area contributed by atoms with Gasteiger partial charge in [-0.1, -0.05) is 195 Å². The Balaban J connectivity index is 4.38. The summed E-state index contributed by atoms with van der Waals surface area (Å²) in [6.45, 7) is 7.51. The Bertz CT molecular complexity index is 1140. The highest BCUT2D eigenvalue weighted by atomic mass is 16.6. The molecule has 1 unspecified atom stereocenters. The Kier molecular flexibility index (Phi) is 45.5. The van der Waals surface area contributed by atoms with E-state index in [4.69, 9.17) is 14.2 Å². The largest absolute Gasteiger partial charge is 0.462 e. The Hall–Kier alpha value is -3.18. The van der Waals surface area contributed by atoms with Crippen LogP contribution in [-0.2, 0) is 23.8 Å². The molecule has 58 heavy (non-hydrogen) atoms. The van der Waals surface area contributed by atoms with Gasteiger partial charge in [-0.3, -0.25) is 9.59 Å². The van der Waals surface area contributed by atoms with Crippen molar-refractivity contribution in [2.75, 3.05) is 19.8 Å². The summed E-state index contributed by atoms with van der Waals surface area (Å²) in [5, 5.41) is 0. The van der Waals surface area contributed by atoms with Crippen LogP contribution < -0.4 is 0 Å². The lowest BCUT2D eigenvalue weighted by atomic mass is 10.1. The number of rotatable bonds is 42. The Morgan fingerprint density at radius 2 is 0.793 bits per heavy atom. The van der Waals surface area contributed by atoms with E-state index in [1.807, 2.05) is 0 Å².